The molecule has 0 spiro atoms. The van der Waals surface area contributed by atoms with Crippen LogP contribution in [0.15, 0.2) is 6.07 Å². The molecule has 0 radical (unpaired) electrons. The monoisotopic (exact) mass is 266 g/mol. The van der Waals surface area contributed by atoms with Crippen LogP contribution in [0.1, 0.15) is 35.1 Å². The van der Waals surface area contributed by atoms with E-state index in [-0.39, 0.29) is 0 Å². The summed E-state index contributed by atoms with van der Waals surface area (Å²) in [6.45, 7) is 12.7. The Morgan fingerprint density at radius 2 is 2.06 bits per heavy atom. The van der Waals surface area contributed by atoms with E-state index < -0.39 is 0 Å². The average molecular weight is 266 g/mol. The molecule has 0 bridgehead atoms. The molecule has 0 aromatic carbocycles. The Labute approximate surface area is 115 Å². The Hall–Kier alpha value is -0.380. The molecule has 18 heavy (non-hydrogen) atoms. The van der Waals surface area contributed by atoms with Gasteiger partial charge >= 0.3 is 0 Å². The second-order valence-corrected chi connectivity index (χ2v) is 6.93. The molecule has 2 heterocycles. The zero-order chi connectivity index (χ0) is 13.0. The van der Waals surface area contributed by atoms with Gasteiger partial charge in [0.25, 0.3) is 0 Å². The third kappa shape index (κ3) is 3.81. The van der Waals surface area contributed by atoms with Crippen LogP contribution in [0.25, 0.3) is 0 Å². The van der Waals surface area contributed by atoms with Crippen molar-refractivity contribution in [2.75, 3.05) is 26.2 Å². The lowest BCUT2D eigenvalue weighted by atomic mass is 9.96. The summed E-state index contributed by atoms with van der Waals surface area (Å²) in [5, 5.41) is 3.48. The molecule has 0 atom stereocenters. The van der Waals surface area contributed by atoms with E-state index in [4.69, 9.17) is 0 Å². The summed E-state index contributed by atoms with van der Waals surface area (Å²) in [6.07, 6.45) is 2.71. The standard InChI is InChI=1S/C15H26N2S/c1-4-16-10-14-5-7-17(8-6-14)11-15-9-12(2)18-13(15)3/h9,14,16H,4-8,10-11H2,1-3H3. The van der Waals surface area contributed by atoms with Crippen molar-refractivity contribution in [3.8, 4) is 0 Å². The highest BCUT2D eigenvalue weighted by Gasteiger charge is 2.19. The maximum Gasteiger partial charge on any atom is 0.0244 e. The van der Waals surface area contributed by atoms with E-state index in [1.54, 1.807) is 5.56 Å². The third-order valence-electron chi connectivity index (χ3n) is 3.93. The van der Waals surface area contributed by atoms with Crippen molar-refractivity contribution >= 4 is 11.3 Å². The largest absolute Gasteiger partial charge is 0.317 e. The Morgan fingerprint density at radius 3 is 2.61 bits per heavy atom. The third-order valence-corrected chi connectivity index (χ3v) is 4.94. The molecule has 1 aliphatic heterocycles. The Bertz CT molecular complexity index is 365. The summed E-state index contributed by atoms with van der Waals surface area (Å²) in [5.41, 5.74) is 1.54. The predicted molar refractivity (Wildman–Crippen MR) is 80.3 cm³/mol. The minimum Gasteiger partial charge on any atom is -0.317 e. The average Bonchev–Trinajstić information content (AvgIpc) is 2.67. The maximum absolute atomic E-state index is 3.48. The highest BCUT2D eigenvalue weighted by molar-refractivity contribution is 7.12. The van der Waals surface area contributed by atoms with Crippen LogP contribution in [0.3, 0.4) is 0 Å². The maximum atomic E-state index is 3.48. The molecule has 1 saturated heterocycles. The van der Waals surface area contributed by atoms with E-state index in [9.17, 15) is 0 Å². The fourth-order valence-corrected chi connectivity index (χ4v) is 3.72. The van der Waals surface area contributed by atoms with Gasteiger partial charge in [0, 0.05) is 16.3 Å². The van der Waals surface area contributed by atoms with Crippen molar-refractivity contribution in [3.05, 3.63) is 21.4 Å². The number of rotatable bonds is 5. The van der Waals surface area contributed by atoms with Crippen LogP contribution in [0.2, 0.25) is 0 Å². The van der Waals surface area contributed by atoms with Crippen LogP contribution < -0.4 is 5.32 Å². The SMILES string of the molecule is CCNCC1CCN(Cc2cc(C)sc2C)CC1. The second kappa shape index (κ2) is 6.69. The van der Waals surface area contributed by atoms with Crippen molar-refractivity contribution in [2.24, 2.45) is 5.92 Å². The smallest absolute Gasteiger partial charge is 0.0244 e. The Balaban J connectivity index is 1.78. The van der Waals surface area contributed by atoms with Gasteiger partial charge in [-0.3, -0.25) is 4.90 Å². The number of likely N-dealkylation sites (tertiary alicyclic amines) is 1. The van der Waals surface area contributed by atoms with Crippen LogP contribution in [0.4, 0.5) is 0 Å². The van der Waals surface area contributed by atoms with Gasteiger partial charge in [0.05, 0.1) is 0 Å². The lowest BCUT2D eigenvalue weighted by Crippen LogP contribution is -2.36. The van der Waals surface area contributed by atoms with Gasteiger partial charge in [-0.15, -0.1) is 11.3 Å². The first-order valence-electron chi connectivity index (χ1n) is 7.18. The molecule has 3 heteroatoms. The van der Waals surface area contributed by atoms with Gasteiger partial charge < -0.3 is 5.32 Å². The van der Waals surface area contributed by atoms with Crippen LogP contribution in [0.5, 0.6) is 0 Å². The van der Waals surface area contributed by atoms with Crippen LogP contribution in [0, 0.1) is 19.8 Å². The summed E-state index contributed by atoms with van der Waals surface area (Å²) in [4.78, 5) is 5.57. The quantitative estimate of drug-likeness (QED) is 0.880. The number of aryl methyl sites for hydroxylation is 2. The van der Waals surface area contributed by atoms with Gasteiger partial charge in [-0.25, -0.2) is 0 Å². The second-order valence-electron chi connectivity index (χ2n) is 5.47. The molecule has 0 unspecified atom stereocenters. The van der Waals surface area contributed by atoms with Crippen molar-refractivity contribution in [2.45, 2.75) is 40.2 Å². The van der Waals surface area contributed by atoms with E-state index in [2.05, 4.69) is 37.1 Å². The summed E-state index contributed by atoms with van der Waals surface area (Å²) in [6, 6.07) is 2.37. The molecule has 1 fully saturated rings. The van der Waals surface area contributed by atoms with Gasteiger partial charge in [0.1, 0.15) is 0 Å². The van der Waals surface area contributed by atoms with E-state index in [1.807, 2.05) is 11.3 Å². The molecule has 2 nitrogen and oxygen atoms in total. The van der Waals surface area contributed by atoms with Crippen molar-refractivity contribution in [1.82, 2.24) is 10.2 Å². The predicted octanol–water partition coefficient (Wildman–Crippen LogP) is 3.19. The van der Waals surface area contributed by atoms with E-state index in [1.165, 1.54) is 42.2 Å². The molecule has 2 rings (SSSR count). The van der Waals surface area contributed by atoms with Gasteiger partial charge in [0.15, 0.2) is 0 Å². The number of nitrogens with zero attached hydrogens (tertiary/aromatic N) is 1. The molecule has 0 aliphatic carbocycles. The van der Waals surface area contributed by atoms with E-state index in [0.717, 1.165) is 19.0 Å². The van der Waals surface area contributed by atoms with E-state index >= 15 is 0 Å². The highest BCUT2D eigenvalue weighted by Crippen LogP contribution is 2.24. The molecule has 0 amide bonds. The minimum atomic E-state index is 0.895. The van der Waals surface area contributed by atoms with Gasteiger partial charge in [-0.2, -0.15) is 0 Å². The number of hydrogen-bond donors (Lipinski definition) is 1. The van der Waals surface area contributed by atoms with Crippen LogP contribution >= 0.6 is 11.3 Å². The molecule has 102 valence electrons. The van der Waals surface area contributed by atoms with Crippen LogP contribution in [-0.4, -0.2) is 31.1 Å². The Kier molecular flexibility index (Phi) is 5.22. The molecular formula is C15H26N2S. The van der Waals surface area contributed by atoms with Gasteiger partial charge in [-0.1, -0.05) is 6.92 Å². The first-order chi connectivity index (χ1) is 8.69. The van der Waals surface area contributed by atoms with Crippen LogP contribution in [-0.2, 0) is 6.54 Å². The number of nitrogens with one attached hydrogen (secondary N) is 1. The molecule has 1 aliphatic rings. The first-order valence-corrected chi connectivity index (χ1v) is 7.99. The number of piperidine rings is 1. The molecule has 0 saturated carbocycles. The van der Waals surface area contributed by atoms with Crippen molar-refractivity contribution in [1.29, 1.82) is 0 Å². The number of hydrogen-bond acceptors (Lipinski definition) is 3. The Morgan fingerprint density at radius 1 is 1.33 bits per heavy atom. The molecule has 1 aromatic rings. The minimum absolute atomic E-state index is 0.895. The topological polar surface area (TPSA) is 15.3 Å². The zero-order valence-corrected chi connectivity index (χ0v) is 12.8. The summed E-state index contributed by atoms with van der Waals surface area (Å²) in [7, 11) is 0. The molecule has 1 aromatic heterocycles. The lowest BCUT2D eigenvalue weighted by Gasteiger charge is -2.32. The van der Waals surface area contributed by atoms with Gasteiger partial charge in [-0.05, 0) is 70.4 Å². The zero-order valence-electron chi connectivity index (χ0n) is 12.0. The summed E-state index contributed by atoms with van der Waals surface area (Å²) >= 11 is 1.93. The summed E-state index contributed by atoms with van der Waals surface area (Å²) < 4.78 is 0. The fourth-order valence-electron chi connectivity index (χ4n) is 2.78. The highest BCUT2D eigenvalue weighted by atomic mass is 32.1. The van der Waals surface area contributed by atoms with Gasteiger partial charge in [0.2, 0.25) is 0 Å². The number of thiophene rings is 1. The van der Waals surface area contributed by atoms with Crippen molar-refractivity contribution < 1.29 is 0 Å². The van der Waals surface area contributed by atoms with Crippen molar-refractivity contribution in [3.63, 3.8) is 0 Å². The fraction of sp³-hybridized carbons (Fsp3) is 0.733. The first kappa shape index (κ1) is 14.0. The lowest BCUT2D eigenvalue weighted by molar-refractivity contribution is 0.176. The normalized spacial score (nSPS) is 18.4. The molecule has 1 N–H and O–H groups in total. The molecular weight excluding hydrogens is 240 g/mol. The van der Waals surface area contributed by atoms with E-state index in [0.29, 0.717) is 0 Å². The summed E-state index contributed by atoms with van der Waals surface area (Å²) in [5.74, 6) is 0.895.